The fraction of sp³-hybridized carbons (Fsp3) is 0.304. The van der Waals surface area contributed by atoms with Crippen LogP contribution >= 0.6 is 11.8 Å². The van der Waals surface area contributed by atoms with Crippen molar-refractivity contribution in [3.63, 3.8) is 0 Å². The van der Waals surface area contributed by atoms with Gasteiger partial charge in [0.25, 0.3) is 0 Å². The van der Waals surface area contributed by atoms with E-state index in [0.29, 0.717) is 17.3 Å². The largest absolute Gasteiger partial charge is 0.497 e. The first-order valence-electron chi connectivity index (χ1n) is 9.89. The molecule has 0 bridgehead atoms. The van der Waals surface area contributed by atoms with Crippen LogP contribution in [0.25, 0.3) is 5.69 Å². The topological polar surface area (TPSA) is 74.6 Å². The molecule has 2 atom stereocenters. The summed E-state index contributed by atoms with van der Waals surface area (Å²) >= 11 is 1.59. The highest BCUT2D eigenvalue weighted by atomic mass is 32.2. The molecule has 0 saturated carbocycles. The first kappa shape index (κ1) is 21.1. The first-order chi connectivity index (χ1) is 15.0. The molecule has 4 rings (SSSR count). The molecule has 31 heavy (non-hydrogen) atoms. The summed E-state index contributed by atoms with van der Waals surface area (Å²) in [5, 5.41) is 7.51. The van der Waals surface area contributed by atoms with Gasteiger partial charge in [0.1, 0.15) is 11.6 Å². The number of hydrogen-bond donors (Lipinski definition) is 1. The van der Waals surface area contributed by atoms with Crippen molar-refractivity contribution in [2.24, 2.45) is 0 Å². The normalized spacial score (nSPS) is 18.0. The molecule has 0 saturated heterocycles. The summed E-state index contributed by atoms with van der Waals surface area (Å²) < 4.78 is 18.0. The summed E-state index contributed by atoms with van der Waals surface area (Å²) in [6, 6.07) is 13.5. The number of fused-ring (bicyclic) bond motifs is 1. The van der Waals surface area contributed by atoms with Crippen LogP contribution in [0.1, 0.15) is 29.0 Å². The zero-order chi connectivity index (χ0) is 22.1. The van der Waals surface area contributed by atoms with Crippen molar-refractivity contribution in [3.8, 4) is 22.9 Å². The van der Waals surface area contributed by atoms with E-state index < -0.39 is 0 Å². The second kappa shape index (κ2) is 8.55. The third-order valence-corrected chi connectivity index (χ3v) is 6.75. The Morgan fingerprint density at radius 2 is 1.71 bits per heavy atom. The van der Waals surface area contributed by atoms with Crippen LogP contribution in [0.15, 0.2) is 42.5 Å². The maximum Gasteiger partial charge on any atom is 0.238 e. The van der Waals surface area contributed by atoms with Crippen LogP contribution in [0.4, 0.5) is 5.82 Å². The fourth-order valence-corrected chi connectivity index (χ4v) is 5.01. The lowest BCUT2D eigenvalue weighted by Crippen LogP contribution is -2.22. The molecule has 1 aliphatic rings. The van der Waals surface area contributed by atoms with Crippen LogP contribution < -0.4 is 19.5 Å². The van der Waals surface area contributed by atoms with Gasteiger partial charge >= 0.3 is 0 Å². The quantitative estimate of drug-likeness (QED) is 0.636. The van der Waals surface area contributed by atoms with E-state index in [-0.39, 0.29) is 16.4 Å². The van der Waals surface area contributed by atoms with Gasteiger partial charge in [-0.2, -0.15) is 5.10 Å². The standard InChI is InChI=1S/C23H25N3O4S/c1-13-20-21(15-6-11-18(29-4)19(12-15)30-5)31-14(2)23(27)24-22(20)26(25-13)16-7-9-17(28-3)10-8-16/h6-12,14,21H,1-5H3,(H,24,27)/t14-,21+/m0/s1. The van der Waals surface area contributed by atoms with E-state index in [4.69, 9.17) is 19.3 Å². The van der Waals surface area contributed by atoms with Crippen molar-refractivity contribution in [3.05, 3.63) is 59.3 Å². The predicted octanol–water partition coefficient (Wildman–Crippen LogP) is 4.37. The number of nitrogens with zero attached hydrogens (tertiary/aromatic N) is 2. The number of methoxy groups -OCH3 is 3. The van der Waals surface area contributed by atoms with Gasteiger partial charge in [0.15, 0.2) is 11.5 Å². The lowest BCUT2D eigenvalue weighted by Gasteiger charge is -2.19. The molecule has 1 amide bonds. The van der Waals surface area contributed by atoms with Gasteiger partial charge in [-0.05, 0) is 55.8 Å². The Kier molecular flexibility index (Phi) is 5.82. The van der Waals surface area contributed by atoms with Crippen molar-refractivity contribution in [1.82, 2.24) is 9.78 Å². The van der Waals surface area contributed by atoms with E-state index in [9.17, 15) is 4.79 Å². The van der Waals surface area contributed by atoms with E-state index in [1.807, 2.05) is 56.3 Å². The Morgan fingerprint density at radius 3 is 2.35 bits per heavy atom. The molecule has 0 spiro atoms. The Bertz CT molecular complexity index is 1110. The Hall–Kier alpha value is -3.13. The second-order valence-corrected chi connectivity index (χ2v) is 8.67. The summed E-state index contributed by atoms with van der Waals surface area (Å²) in [6.45, 7) is 3.88. The third-order valence-electron chi connectivity index (χ3n) is 5.35. The molecule has 1 aliphatic heterocycles. The predicted molar refractivity (Wildman–Crippen MR) is 122 cm³/mol. The maximum absolute atomic E-state index is 12.8. The van der Waals surface area contributed by atoms with Crippen molar-refractivity contribution in [2.75, 3.05) is 26.6 Å². The van der Waals surface area contributed by atoms with Crippen molar-refractivity contribution in [2.45, 2.75) is 24.3 Å². The van der Waals surface area contributed by atoms with Crippen LogP contribution in [0.2, 0.25) is 0 Å². The molecule has 2 aromatic carbocycles. The summed E-state index contributed by atoms with van der Waals surface area (Å²) in [4.78, 5) is 12.8. The first-order valence-corrected chi connectivity index (χ1v) is 10.8. The number of hydrogen-bond acceptors (Lipinski definition) is 6. The molecular formula is C23H25N3O4S. The maximum atomic E-state index is 12.8. The number of ether oxygens (including phenoxy) is 3. The van der Waals surface area contributed by atoms with Crippen molar-refractivity contribution >= 4 is 23.5 Å². The van der Waals surface area contributed by atoms with Crippen molar-refractivity contribution < 1.29 is 19.0 Å². The van der Waals surface area contributed by atoms with Crippen LogP contribution in [0, 0.1) is 6.92 Å². The Labute approximate surface area is 185 Å². The Morgan fingerprint density at radius 1 is 1.00 bits per heavy atom. The number of carbonyl (C=O) groups excluding carboxylic acids is 1. The average Bonchev–Trinajstić information content (AvgIpc) is 3.04. The highest BCUT2D eigenvalue weighted by Gasteiger charge is 2.34. The van der Waals surface area contributed by atoms with Crippen LogP contribution in [0.5, 0.6) is 17.2 Å². The minimum Gasteiger partial charge on any atom is -0.497 e. The molecule has 1 aromatic heterocycles. The lowest BCUT2D eigenvalue weighted by atomic mass is 10.0. The van der Waals surface area contributed by atoms with E-state index >= 15 is 0 Å². The molecule has 0 radical (unpaired) electrons. The van der Waals surface area contributed by atoms with Gasteiger partial charge in [0.05, 0.1) is 43.2 Å². The smallest absolute Gasteiger partial charge is 0.238 e. The number of aromatic nitrogens is 2. The van der Waals surface area contributed by atoms with E-state index in [0.717, 1.165) is 28.3 Å². The molecule has 0 unspecified atom stereocenters. The van der Waals surface area contributed by atoms with Gasteiger partial charge in [-0.3, -0.25) is 4.79 Å². The van der Waals surface area contributed by atoms with Crippen molar-refractivity contribution in [1.29, 1.82) is 0 Å². The van der Waals surface area contributed by atoms with E-state index in [1.54, 1.807) is 37.8 Å². The molecular weight excluding hydrogens is 414 g/mol. The number of anilines is 1. The number of amides is 1. The molecule has 0 aliphatic carbocycles. The third kappa shape index (κ3) is 3.83. The number of benzene rings is 2. The number of rotatable bonds is 5. The second-order valence-electron chi connectivity index (χ2n) is 7.22. The SMILES string of the molecule is COc1ccc(-n2nc(C)c3c2NC(=O)[C@H](C)S[C@@H]3c2ccc(OC)c(OC)c2)cc1. The monoisotopic (exact) mass is 439 g/mol. The highest BCUT2D eigenvalue weighted by Crippen LogP contribution is 2.47. The Balaban J connectivity index is 1.86. The highest BCUT2D eigenvalue weighted by molar-refractivity contribution is 8.01. The number of carbonyl (C=O) groups is 1. The molecule has 8 heteroatoms. The van der Waals surface area contributed by atoms with E-state index in [2.05, 4.69) is 5.32 Å². The fourth-order valence-electron chi connectivity index (χ4n) is 3.70. The van der Waals surface area contributed by atoms with Gasteiger partial charge in [-0.15, -0.1) is 11.8 Å². The minimum atomic E-state index is -0.241. The van der Waals surface area contributed by atoms with Gasteiger partial charge in [-0.1, -0.05) is 6.07 Å². The van der Waals surface area contributed by atoms with Gasteiger partial charge < -0.3 is 19.5 Å². The average molecular weight is 440 g/mol. The molecule has 1 N–H and O–H groups in total. The zero-order valence-corrected chi connectivity index (χ0v) is 18.9. The van der Waals surface area contributed by atoms with Crippen LogP contribution in [-0.2, 0) is 4.79 Å². The summed E-state index contributed by atoms with van der Waals surface area (Å²) in [6.07, 6.45) is 0. The molecule has 3 aromatic rings. The van der Waals surface area contributed by atoms with Gasteiger partial charge in [-0.25, -0.2) is 4.68 Å². The molecule has 0 fully saturated rings. The molecule has 162 valence electrons. The summed E-state index contributed by atoms with van der Waals surface area (Å²) in [7, 11) is 4.86. The molecule has 2 heterocycles. The number of aryl methyl sites for hydroxylation is 1. The molecule has 7 nitrogen and oxygen atoms in total. The van der Waals surface area contributed by atoms with Crippen LogP contribution in [0.3, 0.4) is 0 Å². The lowest BCUT2D eigenvalue weighted by molar-refractivity contribution is -0.115. The van der Waals surface area contributed by atoms with Gasteiger partial charge in [0, 0.05) is 5.56 Å². The summed E-state index contributed by atoms with van der Waals surface area (Å²) in [5.41, 5.74) is 3.69. The number of thioether (sulfide) groups is 1. The number of nitrogens with one attached hydrogen (secondary N) is 1. The summed E-state index contributed by atoms with van der Waals surface area (Å²) in [5.74, 6) is 2.71. The van der Waals surface area contributed by atoms with E-state index in [1.165, 1.54) is 0 Å². The van der Waals surface area contributed by atoms with Gasteiger partial charge in [0.2, 0.25) is 5.91 Å². The minimum absolute atomic E-state index is 0.0520. The van der Waals surface area contributed by atoms with Crippen LogP contribution in [-0.4, -0.2) is 42.3 Å². The zero-order valence-electron chi connectivity index (χ0n) is 18.1.